The fraction of sp³-hybridized carbons (Fsp3) is 0.462. The van der Waals surface area contributed by atoms with Crippen LogP contribution in [0, 0.1) is 5.82 Å². The van der Waals surface area contributed by atoms with Crippen LogP contribution in [0.4, 0.5) is 4.39 Å². The molecule has 1 saturated carbocycles. The molecule has 1 aromatic rings. The van der Waals surface area contributed by atoms with Crippen LogP contribution in [0.2, 0.25) is 0 Å². The van der Waals surface area contributed by atoms with Gasteiger partial charge in [0, 0.05) is 5.56 Å². The summed E-state index contributed by atoms with van der Waals surface area (Å²) < 4.78 is 13.7. The molecule has 0 amide bonds. The monoisotopic (exact) mass is 222 g/mol. The second-order valence-corrected chi connectivity index (χ2v) is 4.43. The predicted octanol–water partition coefficient (Wildman–Crippen LogP) is 3.11. The zero-order chi connectivity index (χ0) is 11.6. The number of hydrogen-bond acceptors (Lipinski definition) is 1. The van der Waals surface area contributed by atoms with E-state index in [1.807, 2.05) is 0 Å². The van der Waals surface area contributed by atoms with Crippen LogP contribution in [-0.4, -0.2) is 11.1 Å². The van der Waals surface area contributed by atoms with Gasteiger partial charge in [-0.25, -0.2) is 4.39 Å². The second kappa shape index (κ2) is 4.24. The molecule has 86 valence electrons. The predicted molar refractivity (Wildman–Crippen MR) is 58.8 cm³/mol. The number of carboxylic acid groups (broad SMARTS) is 1. The number of aliphatic carboxylic acids is 1. The smallest absolute Gasteiger partial charge is 0.314 e. The third-order valence-electron chi connectivity index (χ3n) is 3.51. The van der Waals surface area contributed by atoms with Crippen molar-refractivity contribution in [2.75, 3.05) is 0 Å². The van der Waals surface area contributed by atoms with Gasteiger partial charge in [0.25, 0.3) is 0 Å². The van der Waals surface area contributed by atoms with Crippen LogP contribution < -0.4 is 0 Å². The molecule has 1 aliphatic carbocycles. The summed E-state index contributed by atoms with van der Waals surface area (Å²) in [5.74, 6) is -1.29. The molecular weight excluding hydrogens is 207 g/mol. The Kier molecular flexibility index (Phi) is 2.95. The van der Waals surface area contributed by atoms with Crippen molar-refractivity contribution in [3.8, 4) is 0 Å². The van der Waals surface area contributed by atoms with E-state index in [1.54, 1.807) is 18.2 Å². The van der Waals surface area contributed by atoms with Crippen molar-refractivity contribution in [1.82, 2.24) is 0 Å². The molecule has 0 aliphatic heterocycles. The maximum atomic E-state index is 13.7. The summed E-state index contributed by atoms with van der Waals surface area (Å²) in [5, 5.41) is 9.40. The molecule has 0 bridgehead atoms. The van der Waals surface area contributed by atoms with Crippen molar-refractivity contribution in [3.05, 3.63) is 35.6 Å². The highest BCUT2D eigenvalue weighted by atomic mass is 19.1. The van der Waals surface area contributed by atoms with E-state index in [-0.39, 0.29) is 0 Å². The maximum Gasteiger partial charge on any atom is 0.314 e. The summed E-state index contributed by atoms with van der Waals surface area (Å²) in [7, 11) is 0. The average molecular weight is 222 g/mol. The highest BCUT2D eigenvalue weighted by Crippen LogP contribution is 2.40. The zero-order valence-electron chi connectivity index (χ0n) is 9.08. The van der Waals surface area contributed by atoms with Gasteiger partial charge in [-0.1, -0.05) is 37.5 Å². The Labute approximate surface area is 94.1 Å². The van der Waals surface area contributed by atoms with Crippen LogP contribution in [-0.2, 0) is 10.2 Å². The van der Waals surface area contributed by atoms with Crippen molar-refractivity contribution >= 4 is 5.97 Å². The van der Waals surface area contributed by atoms with Gasteiger partial charge in [-0.3, -0.25) is 4.79 Å². The van der Waals surface area contributed by atoms with Crippen LogP contribution in [0.1, 0.15) is 37.7 Å². The average Bonchev–Trinajstić information content (AvgIpc) is 2.30. The van der Waals surface area contributed by atoms with Crippen molar-refractivity contribution in [3.63, 3.8) is 0 Å². The third kappa shape index (κ3) is 1.70. The number of hydrogen-bond donors (Lipinski definition) is 1. The van der Waals surface area contributed by atoms with Gasteiger partial charge in [0.05, 0.1) is 5.41 Å². The van der Waals surface area contributed by atoms with Gasteiger partial charge >= 0.3 is 5.97 Å². The van der Waals surface area contributed by atoms with Crippen molar-refractivity contribution in [2.24, 2.45) is 0 Å². The first kappa shape index (κ1) is 11.1. The number of carbonyl (C=O) groups is 1. The van der Waals surface area contributed by atoms with Crippen LogP contribution >= 0.6 is 0 Å². The van der Waals surface area contributed by atoms with Gasteiger partial charge < -0.3 is 5.11 Å². The molecule has 0 atom stereocenters. The normalized spacial score (nSPS) is 19.3. The SMILES string of the molecule is O=C(O)C1(c2ccccc2F)CCCCC1. The molecule has 1 aliphatic rings. The van der Waals surface area contributed by atoms with E-state index < -0.39 is 17.2 Å². The molecular formula is C13H15FO2. The van der Waals surface area contributed by atoms with E-state index in [4.69, 9.17) is 0 Å². The Bertz CT molecular complexity index is 395. The molecule has 2 rings (SSSR count). The van der Waals surface area contributed by atoms with E-state index >= 15 is 0 Å². The lowest BCUT2D eigenvalue weighted by atomic mass is 9.69. The number of benzene rings is 1. The Hall–Kier alpha value is -1.38. The van der Waals surface area contributed by atoms with E-state index in [9.17, 15) is 14.3 Å². The third-order valence-corrected chi connectivity index (χ3v) is 3.51. The summed E-state index contributed by atoms with van der Waals surface area (Å²) >= 11 is 0. The number of carboxylic acids is 1. The minimum absolute atomic E-state index is 0.349. The molecule has 1 N–H and O–H groups in total. The lowest BCUT2D eigenvalue weighted by molar-refractivity contribution is -0.145. The lowest BCUT2D eigenvalue weighted by Crippen LogP contribution is -2.38. The summed E-state index contributed by atoms with van der Waals surface area (Å²) in [6.07, 6.45) is 3.86. The molecule has 16 heavy (non-hydrogen) atoms. The molecule has 2 nitrogen and oxygen atoms in total. The molecule has 0 radical (unpaired) electrons. The highest BCUT2D eigenvalue weighted by molar-refractivity contribution is 5.81. The summed E-state index contributed by atoms with van der Waals surface area (Å²) in [6.45, 7) is 0. The first-order valence-electron chi connectivity index (χ1n) is 5.65. The van der Waals surface area contributed by atoms with Gasteiger partial charge in [0.1, 0.15) is 5.82 Å². The van der Waals surface area contributed by atoms with E-state index in [2.05, 4.69) is 0 Å². The molecule has 0 spiro atoms. The van der Waals surface area contributed by atoms with Gasteiger partial charge in [-0.2, -0.15) is 0 Å². The van der Waals surface area contributed by atoms with Gasteiger partial charge in [-0.15, -0.1) is 0 Å². The summed E-state index contributed by atoms with van der Waals surface area (Å²) in [5.41, 5.74) is -0.647. The van der Waals surface area contributed by atoms with Crippen molar-refractivity contribution in [1.29, 1.82) is 0 Å². The standard InChI is InChI=1S/C13H15FO2/c14-11-7-3-2-6-10(11)13(12(15)16)8-4-1-5-9-13/h2-3,6-7H,1,4-5,8-9H2,(H,15,16). The highest BCUT2D eigenvalue weighted by Gasteiger charge is 2.42. The van der Waals surface area contributed by atoms with Gasteiger partial charge in [0.15, 0.2) is 0 Å². The van der Waals surface area contributed by atoms with E-state index in [1.165, 1.54) is 6.07 Å². The molecule has 1 fully saturated rings. The first-order chi connectivity index (χ1) is 7.67. The van der Waals surface area contributed by atoms with Crippen LogP contribution in [0.15, 0.2) is 24.3 Å². The molecule has 3 heteroatoms. The summed E-state index contributed by atoms with van der Waals surface area (Å²) in [4.78, 5) is 11.5. The zero-order valence-corrected chi connectivity index (χ0v) is 9.08. The fourth-order valence-corrected chi connectivity index (χ4v) is 2.60. The van der Waals surface area contributed by atoms with Crippen molar-refractivity contribution < 1.29 is 14.3 Å². The van der Waals surface area contributed by atoms with Crippen LogP contribution in [0.25, 0.3) is 0 Å². The van der Waals surface area contributed by atoms with E-state index in [0.717, 1.165) is 19.3 Å². The largest absolute Gasteiger partial charge is 0.481 e. The molecule has 1 aromatic carbocycles. The van der Waals surface area contributed by atoms with E-state index in [0.29, 0.717) is 18.4 Å². The number of halogens is 1. The van der Waals surface area contributed by atoms with Crippen LogP contribution in [0.3, 0.4) is 0 Å². The molecule has 0 saturated heterocycles. The Balaban J connectivity index is 2.47. The fourth-order valence-electron chi connectivity index (χ4n) is 2.60. The number of rotatable bonds is 2. The maximum absolute atomic E-state index is 13.7. The molecule has 0 aromatic heterocycles. The topological polar surface area (TPSA) is 37.3 Å². The minimum Gasteiger partial charge on any atom is -0.481 e. The first-order valence-corrected chi connectivity index (χ1v) is 5.65. The Morgan fingerprint density at radius 3 is 2.38 bits per heavy atom. The van der Waals surface area contributed by atoms with Gasteiger partial charge in [0.2, 0.25) is 0 Å². The quantitative estimate of drug-likeness (QED) is 0.834. The second-order valence-electron chi connectivity index (χ2n) is 4.43. The molecule has 0 heterocycles. The van der Waals surface area contributed by atoms with Gasteiger partial charge in [-0.05, 0) is 18.9 Å². The van der Waals surface area contributed by atoms with Crippen molar-refractivity contribution in [2.45, 2.75) is 37.5 Å². The lowest BCUT2D eigenvalue weighted by Gasteiger charge is -2.33. The molecule has 0 unspecified atom stereocenters. The van der Waals surface area contributed by atoms with Crippen LogP contribution in [0.5, 0.6) is 0 Å². The Morgan fingerprint density at radius 2 is 1.81 bits per heavy atom. The minimum atomic E-state index is -0.996. The Morgan fingerprint density at radius 1 is 1.19 bits per heavy atom. The summed E-state index contributed by atoms with van der Waals surface area (Å²) in [6, 6.07) is 6.25.